The van der Waals surface area contributed by atoms with Crippen LogP contribution in [0.5, 0.6) is 0 Å². The van der Waals surface area contributed by atoms with Crippen molar-refractivity contribution in [1.82, 2.24) is 0 Å². The lowest BCUT2D eigenvalue weighted by Crippen LogP contribution is -1.81. The van der Waals surface area contributed by atoms with E-state index < -0.39 is 0 Å². The Hall–Kier alpha value is -1.17. The van der Waals surface area contributed by atoms with Crippen molar-refractivity contribution in [1.29, 1.82) is 0 Å². The summed E-state index contributed by atoms with van der Waals surface area (Å²) in [4.78, 5) is 0. The number of rotatable bonds is 4. The topological polar surface area (TPSA) is 0 Å². The first-order valence-electron chi connectivity index (χ1n) is 4.44. The second-order valence-electron chi connectivity index (χ2n) is 3.61. The molecule has 0 heteroatoms. The van der Waals surface area contributed by atoms with Gasteiger partial charge in [0.15, 0.2) is 0 Å². The Morgan fingerprint density at radius 3 is 1.92 bits per heavy atom. The van der Waals surface area contributed by atoms with E-state index in [-0.39, 0.29) is 0 Å². The summed E-state index contributed by atoms with van der Waals surface area (Å²) in [6.45, 7) is 15.8. The Morgan fingerprint density at radius 1 is 1.00 bits per heavy atom. The van der Waals surface area contributed by atoms with Gasteiger partial charge in [0.1, 0.15) is 0 Å². The third-order valence-corrected chi connectivity index (χ3v) is 1.40. The molecule has 0 bridgehead atoms. The molecule has 0 atom stereocenters. The van der Waals surface area contributed by atoms with Gasteiger partial charge < -0.3 is 0 Å². The maximum absolute atomic E-state index is 3.83. The molecule has 0 fully saturated rings. The van der Waals surface area contributed by atoms with Crippen LogP contribution in [0.3, 0.4) is 0 Å². The van der Waals surface area contributed by atoms with Crippen LogP contribution >= 0.6 is 0 Å². The Balaban J connectivity index is 4.38. The van der Waals surface area contributed by atoms with E-state index in [0.29, 0.717) is 0 Å². The lowest BCUT2D eigenvalue weighted by atomic mass is 10.1. The highest BCUT2D eigenvalue weighted by Gasteiger charge is 1.98. The molecule has 13 heavy (non-hydrogen) atoms. The van der Waals surface area contributed by atoms with Crippen molar-refractivity contribution < 1.29 is 0 Å². The third kappa shape index (κ3) is 7.20. The summed E-state index contributed by atoms with van der Waals surface area (Å²) >= 11 is 0. The molecular formula is C13H19+. The van der Waals surface area contributed by atoms with Crippen molar-refractivity contribution >= 4 is 0 Å². The first-order valence-corrected chi connectivity index (χ1v) is 4.44. The molecule has 0 rings (SSSR count). The molecule has 70 valence electrons. The number of hydrogen-bond donors (Lipinski definition) is 0. The fourth-order valence-electron chi connectivity index (χ4n) is 1.22. The molecular weight excluding hydrogens is 156 g/mol. The van der Waals surface area contributed by atoms with Crippen LogP contribution in [0.25, 0.3) is 0 Å². The highest BCUT2D eigenvalue weighted by Crippen LogP contribution is 2.10. The van der Waals surface area contributed by atoms with Crippen LogP contribution in [0.15, 0.2) is 47.6 Å². The maximum atomic E-state index is 3.83. The monoisotopic (exact) mass is 175 g/mol. The van der Waals surface area contributed by atoms with Crippen LogP contribution in [0.4, 0.5) is 0 Å². The maximum Gasteiger partial charge on any atom is 0.0573 e. The standard InChI is InChI=1S/C13H19/c1-10(2)7-12(5)9-13(6)8-11(3)4/h7-9H,1,3H2,2,4-6H3/q+1/b12-7+,13-9+. The molecule has 0 heterocycles. The van der Waals surface area contributed by atoms with Crippen molar-refractivity contribution in [2.24, 2.45) is 0 Å². The predicted octanol–water partition coefficient (Wildman–Crippen LogP) is 4.24. The van der Waals surface area contributed by atoms with E-state index >= 15 is 0 Å². The largest absolute Gasteiger partial charge is 0.0961 e. The van der Waals surface area contributed by atoms with E-state index in [0.717, 1.165) is 11.1 Å². The van der Waals surface area contributed by atoms with E-state index in [1.165, 1.54) is 11.1 Å². The molecule has 0 saturated carbocycles. The molecule has 0 saturated heterocycles. The van der Waals surface area contributed by atoms with Gasteiger partial charge in [-0.05, 0) is 40.3 Å². The predicted molar refractivity (Wildman–Crippen MR) is 61.4 cm³/mol. The molecule has 0 aliphatic rings. The number of hydrogen-bond acceptors (Lipinski definition) is 0. The summed E-state index contributed by atoms with van der Waals surface area (Å²) in [7, 11) is 0. The van der Waals surface area contributed by atoms with E-state index in [9.17, 15) is 0 Å². The minimum Gasteiger partial charge on any atom is -0.0961 e. The molecule has 0 aromatic heterocycles. The normalized spacial score (nSPS) is 12.6. The summed E-state index contributed by atoms with van der Waals surface area (Å²) in [5, 5.41) is 0. The third-order valence-electron chi connectivity index (χ3n) is 1.40. The van der Waals surface area contributed by atoms with Crippen molar-refractivity contribution in [3.8, 4) is 0 Å². The second kappa shape index (κ2) is 5.47. The lowest BCUT2D eigenvalue weighted by Gasteiger charge is -1.93. The molecule has 0 spiro atoms. The van der Waals surface area contributed by atoms with Crippen LogP contribution in [0.1, 0.15) is 27.7 Å². The molecule has 0 nitrogen and oxygen atoms in total. The lowest BCUT2D eigenvalue weighted by molar-refractivity contribution is 1.31. The van der Waals surface area contributed by atoms with Gasteiger partial charge in [0.25, 0.3) is 0 Å². The summed E-state index contributed by atoms with van der Waals surface area (Å²) in [6, 6.07) is 0. The molecule has 0 N–H and O–H groups in total. The van der Waals surface area contributed by atoms with Crippen LogP contribution in [-0.4, -0.2) is 0 Å². The van der Waals surface area contributed by atoms with Crippen molar-refractivity contribution in [2.75, 3.05) is 0 Å². The zero-order valence-electron chi connectivity index (χ0n) is 9.15. The van der Waals surface area contributed by atoms with E-state index in [1.54, 1.807) is 0 Å². The average Bonchev–Trinajstić information content (AvgIpc) is 1.80. The van der Waals surface area contributed by atoms with Gasteiger partial charge in [-0.25, -0.2) is 0 Å². The van der Waals surface area contributed by atoms with Crippen molar-refractivity contribution in [2.45, 2.75) is 27.7 Å². The Bertz CT molecular complexity index is 262. The molecule has 0 amide bonds. The summed E-state index contributed by atoms with van der Waals surface area (Å²) < 4.78 is 0. The van der Waals surface area contributed by atoms with Crippen molar-refractivity contribution in [3.05, 3.63) is 54.0 Å². The minimum atomic E-state index is 1.08. The van der Waals surface area contributed by atoms with Crippen LogP contribution in [0, 0.1) is 6.42 Å². The Morgan fingerprint density at radius 2 is 1.54 bits per heavy atom. The van der Waals surface area contributed by atoms with Crippen molar-refractivity contribution in [3.63, 3.8) is 0 Å². The fourth-order valence-corrected chi connectivity index (χ4v) is 1.22. The van der Waals surface area contributed by atoms with Gasteiger partial charge in [-0.15, -0.1) is 0 Å². The van der Waals surface area contributed by atoms with Crippen LogP contribution in [0.2, 0.25) is 0 Å². The van der Waals surface area contributed by atoms with Crippen LogP contribution in [-0.2, 0) is 0 Å². The van der Waals surface area contributed by atoms with Gasteiger partial charge in [-0.3, -0.25) is 0 Å². The molecule has 0 aliphatic carbocycles. The van der Waals surface area contributed by atoms with Gasteiger partial charge in [0, 0.05) is 23.6 Å². The number of allylic oxidation sites excluding steroid dienone is 6. The zero-order chi connectivity index (χ0) is 10.4. The molecule has 0 aliphatic heterocycles. The SMILES string of the molecule is C=C(C)/C=C(C)/C=C(\C)[CH+]C(=C)C. The van der Waals surface area contributed by atoms with Gasteiger partial charge in [-0.1, -0.05) is 12.2 Å². The molecule has 0 aromatic rings. The fraction of sp³-hybridized carbons (Fsp3) is 0.308. The zero-order valence-corrected chi connectivity index (χ0v) is 9.15. The van der Waals surface area contributed by atoms with Gasteiger partial charge >= 0.3 is 0 Å². The smallest absolute Gasteiger partial charge is 0.0573 e. The summed E-state index contributed by atoms with van der Waals surface area (Å²) in [6.07, 6.45) is 6.26. The second-order valence-corrected chi connectivity index (χ2v) is 3.61. The van der Waals surface area contributed by atoms with Crippen LogP contribution < -0.4 is 0 Å². The minimum absolute atomic E-state index is 1.08. The highest BCUT2D eigenvalue weighted by molar-refractivity contribution is 5.34. The highest BCUT2D eigenvalue weighted by atomic mass is 14.0. The van der Waals surface area contributed by atoms with Gasteiger partial charge in [0.05, 0.1) is 5.57 Å². The molecule has 0 aromatic carbocycles. The Kier molecular flexibility index (Phi) is 4.98. The van der Waals surface area contributed by atoms with Gasteiger partial charge in [0.2, 0.25) is 0 Å². The van der Waals surface area contributed by atoms with Gasteiger partial charge in [-0.2, -0.15) is 0 Å². The molecule has 0 unspecified atom stereocenters. The van der Waals surface area contributed by atoms with E-state index in [1.807, 2.05) is 13.8 Å². The summed E-state index contributed by atoms with van der Waals surface area (Å²) in [5.74, 6) is 0. The first-order chi connectivity index (χ1) is 5.91. The average molecular weight is 175 g/mol. The first kappa shape index (κ1) is 11.8. The van der Waals surface area contributed by atoms with E-state index in [2.05, 4.69) is 45.6 Å². The summed E-state index contributed by atoms with van der Waals surface area (Å²) in [5.41, 5.74) is 4.61. The Labute approximate surface area is 82.4 Å². The quantitative estimate of drug-likeness (QED) is 0.443. The molecule has 0 radical (unpaired) electrons. The van der Waals surface area contributed by atoms with E-state index in [4.69, 9.17) is 0 Å².